The molecule has 0 saturated carbocycles. The van der Waals surface area contributed by atoms with E-state index in [4.69, 9.17) is 10.5 Å². The number of hydrogen-bond acceptors (Lipinski definition) is 5. The summed E-state index contributed by atoms with van der Waals surface area (Å²) >= 11 is 0. The van der Waals surface area contributed by atoms with E-state index in [0.29, 0.717) is 0 Å². The van der Waals surface area contributed by atoms with E-state index in [1.807, 2.05) is 0 Å². The second-order valence-corrected chi connectivity index (χ2v) is 3.66. The van der Waals surface area contributed by atoms with Crippen LogP contribution in [0.3, 0.4) is 0 Å². The molecule has 0 bridgehead atoms. The molecular weight excluding hydrogens is 251 g/mol. The standard InChI is InChI=1S/C13H11FN2O3/c1-18-13(17)10-6-12(15)16-7-11(10)19-9-4-2-3-8(14)5-9/h2-7H,1H3,(H2,15,16). The number of hydrogen-bond donors (Lipinski definition) is 1. The molecule has 98 valence electrons. The summed E-state index contributed by atoms with van der Waals surface area (Å²) in [6, 6.07) is 6.86. The Morgan fingerprint density at radius 3 is 2.84 bits per heavy atom. The summed E-state index contributed by atoms with van der Waals surface area (Å²) < 4.78 is 23.1. The molecule has 2 N–H and O–H groups in total. The molecule has 0 radical (unpaired) electrons. The van der Waals surface area contributed by atoms with Crippen molar-refractivity contribution in [3.63, 3.8) is 0 Å². The fraction of sp³-hybridized carbons (Fsp3) is 0.0769. The van der Waals surface area contributed by atoms with Gasteiger partial charge in [0, 0.05) is 6.07 Å². The highest BCUT2D eigenvalue weighted by atomic mass is 19.1. The van der Waals surface area contributed by atoms with Gasteiger partial charge in [-0.1, -0.05) is 6.07 Å². The highest BCUT2D eigenvalue weighted by Gasteiger charge is 2.15. The van der Waals surface area contributed by atoms with E-state index in [9.17, 15) is 9.18 Å². The van der Waals surface area contributed by atoms with E-state index in [1.165, 1.54) is 37.6 Å². The maximum absolute atomic E-state index is 13.1. The van der Waals surface area contributed by atoms with Gasteiger partial charge in [-0.25, -0.2) is 14.2 Å². The van der Waals surface area contributed by atoms with Gasteiger partial charge in [0.25, 0.3) is 0 Å². The molecular formula is C13H11FN2O3. The lowest BCUT2D eigenvalue weighted by atomic mass is 10.2. The summed E-state index contributed by atoms with van der Waals surface area (Å²) in [7, 11) is 1.24. The van der Waals surface area contributed by atoms with Crippen LogP contribution in [0.15, 0.2) is 36.5 Å². The van der Waals surface area contributed by atoms with Gasteiger partial charge in [0.05, 0.1) is 13.3 Å². The molecule has 0 spiro atoms. The fourth-order valence-corrected chi connectivity index (χ4v) is 1.47. The Balaban J connectivity index is 2.37. The van der Waals surface area contributed by atoms with Crippen molar-refractivity contribution in [2.45, 2.75) is 0 Å². The number of benzene rings is 1. The monoisotopic (exact) mass is 262 g/mol. The normalized spacial score (nSPS) is 10.0. The van der Waals surface area contributed by atoms with Crippen molar-refractivity contribution in [1.29, 1.82) is 0 Å². The van der Waals surface area contributed by atoms with Crippen LogP contribution in [-0.4, -0.2) is 18.1 Å². The average molecular weight is 262 g/mol. The van der Waals surface area contributed by atoms with Crippen molar-refractivity contribution in [3.8, 4) is 11.5 Å². The molecule has 19 heavy (non-hydrogen) atoms. The summed E-state index contributed by atoms with van der Waals surface area (Å²) in [5, 5.41) is 0. The largest absolute Gasteiger partial charge is 0.465 e. The Hall–Kier alpha value is -2.63. The minimum absolute atomic E-state index is 0.124. The molecule has 2 rings (SSSR count). The summed E-state index contributed by atoms with van der Waals surface area (Å²) in [5.74, 6) is -0.503. The molecule has 0 aliphatic heterocycles. The first-order valence-corrected chi connectivity index (χ1v) is 5.37. The van der Waals surface area contributed by atoms with Crippen LogP contribution in [-0.2, 0) is 4.74 Å². The molecule has 1 aromatic heterocycles. The Morgan fingerprint density at radius 2 is 2.16 bits per heavy atom. The minimum Gasteiger partial charge on any atom is -0.465 e. The number of carbonyl (C=O) groups excluding carboxylic acids is 1. The lowest BCUT2D eigenvalue weighted by Crippen LogP contribution is -2.06. The van der Waals surface area contributed by atoms with Crippen LogP contribution in [0, 0.1) is 5.82 Å². The lowest BCUT2D eigenvalue weighted by Gasteiger charge is -2.10. The van der Waals surface area contributed by atoms with Crippen LogP contribution in [0.5, 0.6) is 11.5 Å². The van der Waals surface area contributed by atoms with Crippen LogP contribution in [0.2, 0.25) is 0 Å². The number of aromatic nitrogens is 1. The molecule has 0 fully saturated rings. The zero-order valence-electron chi connectivity index (χ0n) is 10.1. The molecule has 0 aliphatic carbocycles. The molecule has 0 aliphatic rings. The fourth-order valence-electron chi connectivity index (χ4n) is 1.47. The number of ether oxygens (including phenoxy) is 2. The van der Waals surface area contributed by atoms with Gasteiger partial charge in [-0.15, -0.1) is 0 Å². The second-order valence-electron chi connectivity index (χ2n) is 3.66. The number of esters is 1. The van der Waals surface area contributed by atoms with E-state index in [-0.39, 0.29) is 22.9 Å². The van der Waals surface area contributed by atoms with Crippen molar-refractivity contribution in [3.05, 3.63) is 47.9 Å². The first-order chi connectivity index (χ1) is 9.10. The van der Waals surface area contributed by atoms with Gasteiger partial charge in [0.15, 0.2) is 5.75 Å². The Kier molecular flexibility index (Phi) is 3.61. The number of methoxy groups -OCH3 is 1. The summed E-state index contributed by atoms with van der Waals surface area (Å²) in [6.07, 6.45) is 1.28. The molecule has 0 saturated heterocycles. The highest BCUT2D eigenvalue weighted by Crippen LogP contribution is 2.26. The van der Waals surface area contributed by atoms with Crippen LogP contribution >= 0.6 is 0 Å². The van der Waals surface area contributed by atoms with E-state index in [0.717, 1.165) is 0 Å². The number of rotatable bonds is 3. The number of carbonyl (C=O) groups is 1. The highest BCUT2D eigenvalue weighted by molar-refractivity contribution is 5.93. The van der Waals surface area contributed by atoms with Crippen molar-refractivity contribution in [2.75, 3.05) is 12.8 Å². The van der Waals surface area contributed by atoms with Crippen molar-refractivity contribution >= 4 is 11.8 Å². The summed E-state index contributed by atoms with van der Waals surface area (Å²) in [5.41, 5.74) is 5.63. The van der Waals surface area contributed by atoms with Gasteiger partial charge >= 0.3 is 5.97 Å². The van der Waals surface area contributed by atoms with E-state index >= 15 is 0 Å². The third-order valence-corrected chi connectivity index (χ3v) is 2.32. The molecule has 0 amide bonds. The molecule has 2 aromatic rings. The zero-order chi connectivity index (χ0) is 13.8. The summed E-state index contributed by atoms with van der Waals surface area (Å²) in [4.78, 5) is 15.4. The Bertz CT molecular complexity index is 617. The quantitative estimate of drug-likeness (QED) is 0.859. The van der Waals surface area contributed by atoms with Crippen molar-refractivity contribution in [1.82, 2.24) is 4.98 Å². The second kappa shape index (κ2) is 5.34. The topological polar surface area (TPSA) is 74.4 Å². The van der Waals surface area contributed by atoms with Crippen molar-refractivity contribution in [2.24, 2.45) is 0 Å². The molecule has 6 heteroatoms. The predicted molar refractivity (Wildman–Crippen MR) is 66.5 cm³/mol. The third kappa shape index (κ3) is 2.98. The molecule has 1 aromatic carbocycles. The van der Waals surface area contributed by atoms with E-state index in [1.54, 1.807) is 6.07 Å². The lowest BCUT2D eigenvalue weighted by molar-refractivity contribution is 0.0598. The van der Waals surface area contributed by atoms with Crippen LogP contribution < -0.4 is 10.5 Å². The third-order valence-electron chi connectivity index (χ3n) is 2.32. The first kappa shape index (κ1) is 12.8. The minimum atomic E-state index is -0.611. The van der Waals surface area contributed by atoms with Gasteiger partial charge in [-0.2, -0.15) is 0 Å². The number of halogens is 1. The number of nitrogens with zero attached hydrogens (tertiary/aromatic N) is 1. The average Bonchev–Trinajstić information content (AvgIpc) is 2.40. The van der Waals surface area contributed by atoms with E-state index < -0.39 is 11.8 Å². The molecule has 0 unspecified atom stereocenters. The summed E-state index contributed by atoms with van der Waals surface area (Å²) in [6.45, 7) is 0. The first-order valence-electron chi connectivity index (χ1n) is 5.37. The van der Waals surface area contributed by atoms with Gasteiger partial charge in [-0.05, 0) is 18.2 Å². The smallest absolute Gasteiger partial charge is 0.341 e. The van der Waals surface area contributed by atoms with Gasteiger partial charge < -0.3 is 15.2 Å². The maximum atomic E-state index is 13.1. The molecule has 0 atom stereocenters. The maximum Gasteiger partial charge on any atom is 0.341 e. The Morgan fingerprint density at radius 1 is 1.37 bits per heavy atom. The predicted octanol–water partition coefficient (Wildman–Crippen LogP) is 2.38. The number of nitrogen functional groups attached to an aromatic ring is 1. The van der Waals surface area contributed by atoms with Crippen LogP contribution in [0.4, 0.5) is 10.2 Å². The van der Waals surface area contributed by atoms with Crippen LogP contribution in [0.1, 0.15) is 10.4 Å². The van der Waals surface area contributed by atoms with E-state index in [2.05, 4.69) is 9.72 Å². The van der Waals surface area contributed by atoms with Gasteiger partial charge in [0.2, 0.25) is 0 Å². The number of nitrogens with two attached hydrogens (primary N) is 1. The van der Waals surface area contributed by atoms with Crippen LogP contribution in [0.25, 0.3) is 0 Å². The Labute approximate surface area is 108 Å². The van der Waals surface area contributed by atoms with Gasteiger partial charge in [-0.3, -0.25) is 0 Å². The zero-order valence-corrected chi connectivity index (χ0v) is 10.1. The molecule has 1 heterocycles. The number of anilines is 1. The van der Waals surface area contributed by atoms with Crippen molar-refractivity contribution < 1.29 is 18.7 Å². The number of pyridine rings is 1. The molecule has 5 nitrogen and oxygen atoms in total. The SMILES string of the molecule is COC(=O)c1cc(N)ncc1Oc1cccc(F)c1. The van der Waals surface area contributed by atoms with Gasteiger partial charge in [0.1, 0.15) is 22.9 Å².